The molecule has 0 saturated heterocycles. The smallest absolute Gasteiger partial charge is 0.139 e. The summed E-state index contributed by atoms with van der Waals surface area (Å²) >= 11 is 0. The standard InChI is InChI=1S/C41H26N4/c1-2-12-27(13-3-1)43-35-18-8-6-16-31(35)33-24-28(22-23-39(33)43)44-36-19-9-7-17-32(36)34-26-42-41(25-40(34)44)45-37-20-10-4-14-29(37)30-15-5-11-21-38(30)45/h1-26H/i4D,5D,10D,11D,14D,15D,20D,21D. The molecule has 0 bridgehead atoms. The van der Waals surface area contributed by atoms with E-state index in [9.17, 15) is 0 Å². The first-order valence-electron chi connectivity index (χ1n) is 18.7. The van der Waals surface area contributed by atoms with Crippen LogP contribution in [0.2, 0.25) is 0 Å². The highest BCUT2D eigenvalue weighted by Gasteiger charge is 2.19. The van der Waals surface area contributed by atoms with Crippen LogP contribution in [0.1, 0.15) is 11.0 Å². The number of fused-ring (bicyclic) bond motifs is 9. The van der Waals surface area contributed by atoms with Crippen molar-refractivity contribution in [2.45, 2.75) is 0 Å². The predicted octanol–water partition coefficient (Wildman–Crippen LogP) is 10.4. The van der Waals surface area contributed by atoms with Crippen LogP contribution in [-0.4, -0.2) is 18.7 Å². The molecule has 0 aliphatic carbocycles. The Morgan fingerprint density at radius 1 is 0.400 bits per heavy atom. The van der Waals surface area contributed by atoms with Crippen LogP contribution < -0.4 is 0 Å². The second-order valence-corrected chi connectivity index (χ2v) is 11.1. The molecule has 6 aromatic carbocycles. The van der Waals surface area contributed by atoms with Crippen molar-refractivity contribution in [2.24, 2.45) is 0 Å². The van der Waals surface area contributed by atoms with Crippen molar-refractivity contribution in [3.8, 4) is 17.2 Å². The monoisotopic (exact) mass is 582 g/mol. The summed E-state index contributed by atoms with van der Waals surface area (Å²) in [5.74, 6) is 0.248. The van der Waals surface area contributed by atoms with Gasteiger partial charge in [-0.05, 0) is 54.5 Å². The van der Waals surface area contributed by atoms with Crippen molar-refractivity contribution in [3.63, 3.8) is 0 Å². The third-order valence-electron chi connectivity index (χ3n) is 8.73. The molecule has 0 aliphatic rings. The van der Waals surface area contributed by atoms with Crippen molar-refractivity contribution in [1.29, 1.82) is 0 Å². The minimum absolute atomic E-state index is 0.0145. The average Bonchev–Trinajstić information content (AvgIpc) is 3.84. The highest BCUT2D eigenvalue weighted by atomic mass is 15.1. The Balaban J connectivity index is 1.32. The van der Waals surface area contributed by atoms with Gasteiger partial charge in [0.05, 0.1) is 44.1 Å². The second-order valence-electron chi connectivity index (χ2n) is 11.1. The number of hydrogen-bond acceptors (Lipinski definition) is 1. The number of nitrogens with zero attached hydrogens (tertiary/aromatic N) is 4. The summed E-state index contributed by atoms with van der Waals surface area (Å²) < 4.78 is 75.3. The second kappa shape index (κ2) is 9.18. The number of aromatic nitrogens is 4. The van der Waals surface area contributed by atoms with Crippen molar-refractivity contribution >= 4 is 65.4 Å². The fourth-order valence-electron chi connectivity index (χ4n) is 6.86. The van der Waals surface area contributed by atoms with Gasteiger partial charge < -0.3 is 9.13 Å². The number of para-hydroxylation sites is 5. The first-order chi connectivity index (χ1) is 25.7. The van der Waals surface area contributed by atoms with Crippen LogP contribution in [0.15, 0.2) is 158 Å². The Kier molecular flexibility index (Phi) is 3.64. The van der Waals surface area contributed by atoms with Gasteiger partial charge in [0.15, 0.2) is 0 Å². The highest BCUT2D eigenvalue weighted by molar-refractivity contribution is 6.13. The minimum Gasteiger partial charge on any atom is -0.309 e. The van der Waals surface area contributed by atoms with E-state index >= 15 is 0 Å². The van der Waals surface area contributed by atoms with E-state index < -0.39 is 24.2 Å². The Labute approximate surface area is 269 Å². The lowest BCUT2D eigenvalue weighted by molar-refractivity contribution is 1.08. The van der Waals surface area contributed by atoms with Crippen LogP contribution in [0.4, 0.5) is 0 Å². The molecule has 4 nitrogen and oxygen atoms in total. The lowest BCUT2D eigenvalue weighted by atomic mass is 10.1. The van der Waals surface area contributed by atoms with Crippen LogP contribution in [0.25, 0.3) is 82.6 Å². The Bertz CT molecular complexity index is 3140. The summed E-state index contributed by atoms with van der Waals surface area (Å²) in [5.41, 5.74) is 5.84. The Hall–Kier alpha value is -6.13. The van der Waals surface area contributed by atoms with Gasteiger partial charge >= 0.3 is 0 Å². The van der Waals surface area contributed by atoms with Crippen molar-refractivity contribution in [2.75, 3.05) is 0 Å². The largest absolute Gasteiger partial charge is 0.309 e. The Morgan fingerprint density at radius 2 is 0.978 bits per heavy atom. The molecule has 0 unspecified atom stereocenters. The number of benzene rings is 6. The van der Waals surface area contributed by atoms with Gasteiger partial charge in [-0.15, -0.1) is 0 Å². The fraction of sp³-hybridized carbons (Fsp3) is 0. The van der Waals surface area contributed by atoms with E-state index in [1.807, 2.05) is 60.7 Å². The summed E-state index contributed by atoms with van der Waals surface area (Å²) in [4.78, 5) is 4.82. The SMILES string of the molecule is [2H]c1c([2H])c([2H])c2c(c1[2H])c1c([2H])c([2H])c([2H])c([2H])c1n2-c1cc2c(cn1)c1ccccc1n2-c1ccc2c(c1)c1ccccc1n2-c1ccccc1. The minimum atomic E-state index is -0.485. The quantitative estimate of drug-likeness (QED) is 0.204. The molecular weight excluding hydrogens is 548 g/mol. The molecule has 10 aromatic rings. The lowest BCUT2D eigenvalue weighted by Crippen LogP contribution is -1.99. The van der Waals surface area contributed by atoms with Gasteiger partial charge in [0.1, 0.15) is 5.82 Å². The van der Waals surface area contributed by atoms with E-state index in [2.05, 4.69) is 51.6 Å². The number of pyridine rings is 1. The van der Waals surface area contributed by atoms with Gasteiger partial charge in [-0.3, -0.25) is 4.57 Å². The maximum absolute atomic E-state index is 8.97. The van der Waals surface area contributed by atoms with E-state index in [-0.39, 0.29) is 51.8 Å². The van der Waals surface area contributed by atoms with Gasteiger partial charge in [0.25, 0.3) is 0 Å². The molecule has 45 heavy (non-hydrogen) atoms. The van der Waals surface area contributed by atoms with Gasteiger partial charge in [-0.1, -0.05) is 90.9 Å². The topological polar surface area (TPSA) is 27.7 Å². The fourth-order valence-corrected chi connectivity index (χ4v) is 6.86. The van der Waals surface area contributed by atoms with Crippen molar-refractivity contribution in [1.82, 2.24) is 18.7 Å². The molecule has 0 saturated carbocycles. The molecule has 4 heterocycles. The molecule has 0 spiro atoms. The van der Waals surface area contributed by atoms with Gasteiger partial charge in [0, 0.05) is 56.0 Å². The zero-order valence-corrected chi connectivity index (χ0v) is 23.7. The lowest BCUT2D eigenvalue weighted by Gasteiger charge is -2.11. The van der Waals surface area contributed by atoms with Gasteiger partial charge in [0.2, 0.25) is 0 Å². The molecule has 210 valence electrons. The van der Waals surface area contributed by atoms with Crippen LogP contribution >= 0.6 is 0 Å². The predicted molar refractivity (Wildman–Crippen MR) is 187 cm³/mol. The molecule has 0 N–H and O–H groups in total. The molecule has 0 atom stereocenters. The van der Waals surface area contributed by atoms with Crippen LogP contribution in [-0.2, 0) is 0 Å². The Morgan fingerprint density at radius 3 is 1.69 bits per heavy atom. The molecule has 0 fully saturated rings. The van der Waals surface area contributed by atoms with Crippen molar-refractivity contribution < 1.29 is 11.0 Å². The van der Waals surface area contributed by atoms with E-state index in [1.54, 1.807) is 6.20 Å². The van der Waals surface area contributed by atoms with Crippen LogP contribution in [0.3, 0.4) is 0 Å². The molecule has 4 heteroatoms. The summed E-state index contributed by atoms with van der Waals surface area (Å²) in [6.45, 7) is 0. The summed E-state index contributed by atoms with van der Waals surface area (Å²) in [6.07, 6.45) is 1.72. The highest BCUT2D eigenvalue weighted by Crippen LogP contribution is 2.38. The first kappa shape index (κ1) is 17.9. The van der Waals surface area contributed by atoms with Crippen LogP contribution in [0, 0.1) is 0 Å². The maximum Gasteiger partial charge on any atom is 0.139 e. The van der Waals surface area contributed by atoms with E-state index in [4.69, 9.17) is 16.0 Å². The molecule has 4 aromatic heterocycles. The van der Waals surface area contributed by atoms with Gasteiger partial charge in [-0.25, -0.2) is 4.98 Å². The summed E-state index contributed by atoms with van der Waals surface area (Å²) in [6, 6.07) is 31.4. The molecule has 0 amide bonds. The zero-order valence-electron chi connectivity index (χ0n) is 31.7. The normalized spacial score (nSPS) is 14.5. The van der Waals surface area contributed by atoms with E-state index in [0.717, 1.165) is 55.0 Å². The first-order valence-corrected chi connectivity index (χ1v) is 14.7. The molecule has 0 radical (unpaired) electrons. The third-order valence-corrected chi connectivity index (χ3v) is 8.73. The van der Waals surface area contributed by atoms with Gasteiger partial charge in [-0.2, -0.15) is 0 Å². The number of rotatable bonds is 3. The van der Waals surface area contributed by atoms with E-state index in [1.165, 1.54) is 4.57 Å². The maximum atomic E-state index is 8.97. The summed E-state index contributed by atoms with van der Waals surface area (Å²) in [7, 11) is 0. The average molecular weight is 583 g/mol. The number of hydrogen-bond donors (Lipinski definition) is 0. The van der Waals surface area contributed by atoms with Crippen LogP contribution in [0.5, 0.6) is 0 Å². The summed E-state index contributed by atoms with van der Waals surface area (Å²) in [5, 5.41) is 4.00. The van der Waals surface area contributed by atoms with E-state index in [0.29, 0.717) is 0 Å². The molecule has 0 aliphatic heterocycles. The molecule has 10 rings (SSSR count). The van der Waals surface area contributed by atoms with Crippen molar-refractivity contribution in [3.05, 3.63) is 158 Å². The molecular formula is C41H26N4. The third kappa shape index (κ3) is 3.39. The zero-order chi connectivity index (χ0) is 36.4.